The lowest BCUT2D eigenvalue weighted by Gasteiger charge is -2.39. The van der Waals surface area contributed by atoms with Crippen LogP contribution < -0.4 is 0 Å². The summed E-state index contributed by atoms with van der Waals surface area (Å²) in [7, 11) is 0. The lowest BCUT2D eigenvalue weighted by Crippen LogP contribution is -2.62. The lowest BCUT2D eigenvalue weighted by atomic mass is 9.71. The molecule has 4 rings (SSSR count). The van der Waals surface area contributed by atoms with Crippen LogP contribution in [0.15, 0.2) is 79.1 Å². The third kappa shape index (κ3) is 3.96. The first-order valence-electron chi connectivity index (χ1n) is 10.6. The molecule has 190 valence electrons. The molecule has 0 radical (unpaired) electrons. The van der Waals surface area contributed by atoms with Gasteiger partial charge in [0.1, 0.15) is 0 Å². The standard InChI is InChI=1S/C26H18F9N/c1-22(18-10-12-36-13-11-18,15-23(27,28)24(29,30)25(31,32)26(33,34)35)19-8-9-21-17(14-19)7-6-16-4-2-3-5-20(16)21/h2-14H,15H2,1H3. The van der Waals surface area contributed by atoms with Gasteiger partial charge in [0.25, 0.3) is 0 Å². The lowest BCUT2D eigenvalue weighted by molar-refractivity contribution is -0.397. The topological polar surface area (TPSA) is 12.9 Å². The third-order valence-electron chi connectivity index (χ3n) is 6.48. The van der Waals surface area contributed by atoms with Crippen molar-refractivity contribution in [2.45, 2.75) is 42.7 Å². The monoisotopic (exact) mass is 515 g/mol. The predicted octanol–water partition coefficient (Wildman–Crippen LogP) is 8.55. The van der Waals surface area contributed by atoms with Crippen molar-refractivity contribution in [2.24, 2.45) is 0 Å². The van der Waals surface area contributed by atoms with Gasteiger partial charge in [-0.1, -0.05) is 61.5 Å². The molecule has 0 aliphatic heterocycles. The van der Waals surface area contributed by atoms with E-state index in [1.807, 2.05) is 18.2 Å². The van der Waals surface area contributed by atoms with Crippen LogP contribution in [0.3, 0.4) is 0 Å². The first kappa shape index (κ1) is 25.8. The quantitative estimate of drug-likeness (QED) is 0.185. The second-order valence-electron chi connectivity index (χ2n) is 8.82. The normalized spacial score (nSPS) is 15.3. The number of pyridine rings is 1. The highest BCUT2D eigenvalue weighted by molar-refractivity contribution is 6.07. The van der Waals surface area contributed by atoms with Crippen molar-refractivity contribution in [1.82, 2.24) is 4.98 Å². The van der Waals surface area contributed by atoms with E-state index < -0.39 is 35.8 Å². The number of hydrogen-bond donors (Lipinski definition) is 0. The van der Waals surface area contributed by atoms with Crippen molar-refractivity contribution in [3.05, 3.63) is 90.3 Å². The molecule has 1 nitrogen and oxygen atoms in total. The minimum Gasteiger partial charge on any atom is -0.265 e. The van der Waals surface area contributed by atoms with E-state index in [1.54, 1.807) is 24.3 Å². The maximum Gasteiger partial charge on any atom is 0.460 e. The Labute approximate surface area is 199 Å². The second kappa shape index (κ2) is 8.38. The summed E-state index contributed by atoms with van der Waals surface area (Å²) in [6.07, 6.45) is -6.54. The van der Waals surface area contributed by atoms with Gasteiger partial charge in [0, 0.05) is 24.2 Å². The molecule has 1 heterocycles. The van der Waals surface area contributed by atoms with Crippen LogP contribution in [0.4, 0.5) is 39.5 Å². The van der Waals surface area contributed by atoms with Crippen molar-refractivity contribution >= 4 is 21.5 Å². The Hall–Kier alpha value is -3.30. The molecule has 0 N–H and O–H groups in total. The third-order valence-corrected chi connectivity index (χ3v) is 6.48. The van der Waals surface area contributed by atoms with Gasteiger partial charge in [-0.25, -0.2) is 0 Å². The number of hydrogen-bond acceptors (Lipinski definition) is 1. The molecule has 1 aromatic heterocycles. The van der Waals surface area contributed by atoms with E-state index in [9.17, 15) is 39.5 Å². The highest BCUT2D eigenvalue weighted by Gasteiger charge is 2.81. The number of fused-ring (bicyclic) bond motifs is 3. The van der Waals surface area contributed by atoms with Gasteiger partial charge in [0.2, 0.25) is 0 Å². The maximum absolute atomic E-state index is 14.9. The fourth-order valence-electron chi connectivity index (χ4n) is 4.41. The van der Waals surface area contributed by atoms with E-state index in [-0.39, 0.29) is 11.1 Å². The molecule has 1 atom stereocenters. The van der Waals surface area contributed by atoms with Crippen LogP contribution in [-0.4, -0.2) is 28.9 Å². The largest absolute Gasteiger partial charge is 0.460 e. The van der Waals surface area contributed by atoms with Gasteiger partial charge in [-0.2, -0.15) is 39.5 Å². The van der Waals surface area contributed by atoms with Gasteiger partial charge >= 0.3 is 23.9 Å². The molecule has 0 bridgehead atoms. The Morgan fingerprint density at radius 3 is 1.83 bits per heavy atom. The number of benzene rings is 3. The number of halogens is 9. The summed E-state index contributed by atoms with van der Waals surface area (Å²) in [6, 6.07) is 17.6. The molecule has 0 saturated carbocycles. The van der Waals surface area contributed by atoms with E-state index in [4.69, 9.17) is 0 Å². The Morgan fingerprint density at radius 2 is 1.19 bits per heavy atom. The second-order valence-corrected chi connectivity index (χ2v) is 8.82. The van der Waals surface area contributed by atoms with Crippen molar-refractivity contribution < 1.29 is 39.5 Å². The minimum absolute atomic E-state index is 0.0107. The average Bonchev–Trinajstić information content (AvgIpc) is 2.83. The van der Waals surface area contributed by atoms with E-state index in [0.29, 0.717) is 5.39 Å². The van der Waals surface area contributed by atoms with E-state index >= 15 is 0 Å². The number of aromatic nitrogens is 1. The molecule has 0 saturated heterocycles. The molecular weight excluding hydrogens is 497 g/mol. The summed E-state index contributed by atoms with van der Waals surface area (Å²) >= 11 is 0. The Bertz CT molecular complexity index is 1400. The van der Waals surface area contributed by atoms with Crippen LogP contribution in [0.25, 0.3) is 21.5 Å². The van der Waals surface area contributed by atoms with Crippen LogP contribution in [-0.2, 0) is 5.41 Å². The summed E-state index contributed by atoms with van der Waals surface area (Å²) in [5, 5.41) is 2.97. The van der Waals surface area contributed by atoms with Crippen LogP contribution in [0.2, 0.25) is 0 Å². The summed E-state index contributed by atoms with van der Waals surface area (Å²) in [5.41, 5.74) is -2.07. The van der Waals surface area contributed by atoms with Crippen LogP contribution >= 0.6 is 0 Å². The van der Waals surface area contributed by atoms with Gasteiger partial charge in [-0.3, -0.25) is 4.98 Å². The molecule has 0 spiro atoms. The zero-order valence-corrected chi connectivity index (χ0v) is 18.6. The summed E-state index contributed by atoms with van der Waals surface area (Å²) < 4.78 is 123. The average molecular weight is 515 g/mol. The van der Waals surface area contributed by atoms with Crippen LogP contribution in [0.5, 0.6) is 0 Å². The molecule has 0 aliphatic rings. The SMILES string of the molecule is CC(CC(F)(F)C(F)(F)C(F)(F)C(F)(F)F)(c1ccncc1)c1ccc2c(ccc3ccccc32)c1. The fourth-order valence-corrected chi connectivity index (χ4v) is 4.41. The fraction of sp³-hybridized carbons (Fsp3) is 0.269. The van der Waals surface area contributed by atoms with Crippen LogP contribution in [0, 0.1) is 0 Å². The smallest absolute Gasteiger partial charge is 0.265 e. The zero-order chi connectivity index (χ0) is 26.6. The molecule has 4 aromatic rings. The van der Waals surface area contributed by atoms with Gasteiger partial charge in [0.15, 0.2) is 0 Å². The minimum atomic E-state index is -6.95. The highest BCUT2D eigenvalue weighted by Crippen LogP contribution is 2.56. The number of alkyl halides is 9. The Morgan fingerprint density at radius 1 is 0.611 bits per heavy atom. The molecule has 0 fully saturated rings. The molecule has 0 aliphatic carbocycles. The van der Waals surface area contributed by atoms with Gasteiger partial charge in [-0.05, 0) is 44.8 Å². The van der Waals surface area contributed by atoms with E-state index in [1.165, 1.54) is 36.7 Å². The first-order chi connectivity index (χ1) is 16.6. The van der Waals surface area contributed by atoms with Crippen LogP contribution in [0.1, 0.15) is 24.5 Å². The van der Waals surface area contributed by atoms with Gasteiger partial charge < -0.3 is 0 Å². The van der Waals surface area contributed by atoms with Crippen molar-refractivity contribution in [2.75, 3.05) is 0 Å². The maximum atomic E-state index is 14.9. The van der Waals surface area contributed by atoms with Gasteiger partial charge in [-0.15, -0.1) is 0 Å². The van der Waals surface area contributed by atoms with Crippen molar-refractivity contribution in [1.29, 1.82) is 0 Å². The number of nitrogens with zero attached hydrogens (tertiary/aromatic N) is 1. The Kier molecular flexibility index (Phi) is 6.00. The molecule has 1 unspecified atom stereocenters. The molecule has 3 aromatic carbocycles. The highest BCUT2D eigenvalue weighted by atomic mass is 19.4. The first-order valence-corrected chi connectivity index (χ1v) is 10.6. The Balaban J connectivity index is 1.88. The van der Waals surface area contributed by atoms with Crippen molar-refractivity contribution in [3.8, 4) is 0 Å². The summed E-state index contributed by atoms with van der Waals surface area (Å²) in [4.78, 5) is 3.75. The zero-order valence-electron chi connectivity index (χ0n) is 18.6. The van der Waals surface area contributed by atoms with Gasteiger partial charge in [0.05, 0.1) is 0 Å². The summed E-state index contributed by atoms with van der Waals surface area (Å²) in [5.74, 6) is -19.4. The molecule has 0 amide bonds. The van der Waals surface area contributed by atoms with E-state index in [2.05, 4.69) is 4.98 Å². The predicted molar refractivity (Wildman–Crippen MR) is 118 cm³/mol. The summed E-state index contributed by atoms with van der Waals surface area (Å²) in [6.45, 7) is 1.10. The van der Waals surface area contributed by atoms with E-state index in [0.717, 1.165) is 23.1 Å². The molecular formula is C26H18F9N. The molecule has 10 heteroatoms. The van der Waals surface area contributed by atoms with Crippen molar-refractivity contribution in [3.63, 3.8) is 0 Å². The molecule has 36 heavy (non-hydrogen) atoms. The number of rotatable bonds is 6.